The Morgan fingerprint density at radius 1 is 1.50 bits per heavy atom. The Morgan fingerprint density at radius 3 is 2.60 bits per heavy atom. The van der Waals surface area contributed by atoms with Crippen LogP contribution in [0.4, 0.5) is 0 Å². The van der Waals surface area contributed by atoms with Gasteiger partial charge in [0.05, 0.1) is 10.6 Å². The Bertz CT molecular complexity index is 231. The van der Waals surface area contributed by atoms with Crippen molar-refractivity contribution >= 4 is 24.3 Å². The lowest BCUT2D eigenvalue weighted by Gasteiger charge is -1.98. The highest BCUT2D eigenvalue weighted by Crippen LogP contribution is 2.00. The summed E-state index contributed by atoms with van der Waals surface area (Å²) >= 11 is 5.54. The van der Waals surface area contributed by atoms with Gasteiger partial charge in [0, 0.05) is 6.20 Å². The lowest BCUT2D eigenvalue weighted by Crippen LogP contribution is -2.33. The molecule has 0 atom stereocenters. The summed E-state index contributed by atoms with van der Waals surface area (Å²) in [6.07, 6.45) is 1.45. The molecule has 0 aromatic carbocycles. The summed E-state index contributed by atoms with van der Waals surface area (Å²) in [6.45, 7) is 0. The van der Waals surface area contributed by atoms with Crippen LogP contribution in [0.5, 0.6) is 0 Å². The molecular weight excluding hydrogens is 152 g/mol. The van der Waals surface area contributed by atoms with Crippen LogP contribution in [-0.4, -0.2) is 22.2 Å². The van der Waals surface area contributed by atoms with Crippen molar-refractivity contribution < 1.29 is 10.0 Å². The van der Waals surface area contributed by atoms with E-state index in [-0.39, 0.29) is 10.6 Å². The van der Waals surface area contributed by atoms with Gasteiger partial charge in [-0.1, -0.05) is 11.6 Å². The topological polar surface area (TPSA) is 53.4 Å². The third-order valence-electron chi connectivity index (χ3n) is 1.03. The quantitative estimate of drug-likeness (QED) is 0.536. The molecule has 0 radical (unpaired) electrons. The van der Waals surface area contributed by atoms with Crippen LogP contribution in [0.1, 0.15) is 0 Å². The summed E-state index contributed by atoms with van der Waals surface area (Å²) in [5, 5.41) is 17.5. The molecule has 3 nitrogen and oxygen atoms in total. The number of nitrogens with zero attached hydrogens (tertiary/aromatic N) is 1. The van der Waals surface area contributed by atoms with Gasteiger partial charge in [0.15, 0.2) is 0 Å². The lowest BCUT2D eigenvalue weighted by molar-refractivity contribution is 0.424. The number of hydrogen-bond acceptors (Lipinski definition) is 3. The summed E-state index contributed by atoms with van der Waals surface area (Å²) in [6, 6.07) is 3.16. The lowest BCUT2D eigenvalue weighted by atomic mass is 9.86. The molecule has 0 bridgehead atoms. The Kier molecular flexibility index (Phi) is 2.27. The fraction of sp³-hybridized carbons (Fsp3) is 0. The monoisotopic (exact) mass is 157 g/mol. The first-order chi connectivity index (χ1) is 4.72. The molecule has 0 saturated carbocycles. The first-order valence-electron chi connectivity index (χ1n) is 2.68. The first-order valence-corrected chi connectivity index (χ1v) is 3.06. The Balaban J connectivity index is 3.03. The smallest absolute Gasteiger partial charge is 0.422 e. The summed E-state index contributed by atoms with van der Waals surface area (Å²) in [5.41, 5.74) is 0.0872. The third kappa shape index (κ3) is 1.47. The van der Waals surface area contributed by atoms with Crippen molar-refractivity contribution in [2.75, 3.05) is 0 Å². The van der Waals surface area contributed by atoms with E-state index in [0.29, 0.717) is 0 Å². The predicted octanol–water partition coefficient (Wildman–Crippen LogP) is -0.585. The van der Waals surface area contributed by atoms with Crippen molar-refractivity contribution in [1.29, 1.82) is 0 Å². The van der Waals surface area contributed by atoms with Gasteiger partial charge in [-0.15, -0.1) is 0 Å². The molecule has 1 aromatic rings. The van der Waals surface area contributed by atoms with E-state index in [1.165, 1.54) is 6.20 Å². The largest absolute Gasteiger partial charge is 0.509 e. The van der Waals surface area contributed by atoms with Crippen molar-refractivity contribution in [2.24, 2.45) is 0 Å². The Morgan fingerprint density at radius 2 is 2.20 bits per heavy atom. The number of halogens is 1. The Hall–Kier alpha value is -0.575. The van der Waals surface area contributed by atoms with E-state index in [4.69, 9.17) is 21.6 Å². The van der Waals surface area contributed by atoms with Crippen molar-refractivity contribution in [3.63, 3.8) is 0 Å². The van der Waals surface area contributed by atoms with E-state index in [1.807, 2.05) is 0 Å². The molecule has 0 aliphatic carbocycles. The summed E-state index contributed by atoms with van der Waals surface area (Å²) in [7, 11) is -1.59. The van der Waals surface area contributed by atoms with Crippen molar-refractivity contribution in [1.82, 2.24) is 4.98 Å². The van der Waals surface area contributed by atoms with Crippen LogP contribution in [0.3, 0.4) is 0 Å². The van der Waals surface area contributed by atoms with Gasteiger partial charge in [-0.2, -0.15) is 0 Å². The second-order valence-corrected chi connectivity index (χ2v) is 2.15. The average molecular weight is 157 g/mol. The molecule has 0 fully saturated rings. The fourth-order valence-electron chi connectivity index (χ4n) is 0.588. The van der Waals surface area contributed by atoms with Crippen LogP contribution in [0, 0.1) is 0 Å². The van der Waals surface area contributed by atoms with E-state index >= 15 is 0 Å². The SMILES string of the molecule is OB(O)c1ncccc1Cl. The number of aromatic nitrogens is 1. The van der Waals surface area contributed by atoms with E-state index in [9.17, 15) is 0 Å². The van der Waals surface area contributed by atoms with Crippen LogP contribution in [0.15, 0.2) is 18.3 Å². The van der Waals surface area contributed by atoms with E-state index in [0.717, 1.165) is 0 Å². The highest BCUT2D eigenvalue weighted by Gasteiger charge is 2.15. The average Bonchev–Trinajstić information content (AvgIpc) is 1.88. The molecule has 0 unspecified atom stereocenters. The molecule has 0 saturated heterocycles. The minimum atomic E-state index is -1.59. The molecule has 1 rings (SSSR count). The minimum Gasteiger partial charge on any atom is -0.422 e. The second kappa shape index (κ2) is 3.01. The summed E-state index contributed by atoms with van der Waals surface area (Å²) < 4.78 is 0. The molecule has 0 amide bonds. The van der Waals surface area contributed by atoms with Crippen LogP contribution in [0.2, 0.25) is 5.02 Å². The maximum absolute atomic E-state index is 8.61. The predicted molar refractivity (Wildman–Crippen MR) is 39.1 cm³/mol. The van der Waals surface area contributed by atoms with Crippen molar-refractivity contribution in [3.8, 4) is 0 Å². The highest BCUT2D eigenvalue weighted by molar-refractivity contribution is 6.61. The standard InChI is InChI=1S/C5H5BClNO2/c7-4-2-1-3-8-5(4)6(9)10/h1-3,9-10H. The van der Waals surface area contributed by atoms with Gasteiger partial charge in [-0.3, -0.25) is 4.98 Å². The van der Waals surface area contributed by atoms with Crippen LogP contribution >= 0.6 is 11.6 Å². The van der Waals surface area contributed by atoms with E-state index in [1.54, 1.807) is 12.1 Å². The maximum Gasteiger partial charge on any atom is 0.509 e. The molecule has 1 heterocycles. The molecule has 5 heteroatoms. The maximum atomic E-state index is 8.61. The zero-order chi connectivity index (χ0) is 7.56. The van der Waals surface area contributed by atoms with E-state index in [2.05, 4.69) is 4.98 Å². The minimum absolute atomic E-state index is 0.0872. The molecule has 1 aromatic heterocycles. The van der Waals surface area contributed by atoms with Gasteiger partial charge in [0.2, 0.25) is 0 Å². The molecule has 0 spiro atoms. The van der Waals surface area contributed by atoms with Gasteiger partial charge >= 0.3 is 7.12 Å². The van der Waals surface area contributed by atoms with Gasteiger partial charge in [0.1, 0.15) is 0 Å². The van der Waals surface area contributed by atoms with Crippen molar-refractivity contribution in [3.05, 3.63) is 23.4 Å². The molecular formula is C5H5BClNO2. The molecule has 2 N–H and O–H groups in total. The molecule has 0 aliphatic rings. The molecule has 0 aliphatic heterocycles. The second-order valence-electron chi connectivity index (χ2n) is 1.74. The van der Waals surface area contributed by atoms with Gasteiger partial charge < -0.3 is 10.0 Å². The van der Waals surface area contributed by atoms with Crippen LogP contribution in [-0.2, 0) is 0 Å². The van der Waals surface area contributed by atoms with Gasteiger partial charge in [0.25, 0.3) is 0 Å². The molecule has 52 valence electrons. The number of rotatable bonds is 1. The summed E-state index contributed by atoms with van der Waals surface area (Å²) in [5.74, 6) is 0. The third-order valence-corrected chi connectivity index (χ3v) is 1.35. The summed E-state index contributed by atoms with van der Waals surface area (Å²) in [4.78, 5) is 3.65. The van der Waals surface area contributed by atoms with Crippen molar-refractivity contribution in [2.45, 2.75) is 0 Å². The number of hydrogen-bond donors (Lipinski definition) is 2. The van der Waals surface area contributed by atoms with Crippen LogP contribution in [0.25, 0.3) is 0 Å². The van der Waals surface area contributed by atoms with Gasteiger partial charge in [-0.25, -0.2) is 0 Å². The highest BCUT2D eigenvalue weighted by atomic mass is 35.5. The zero-order valence-corrected chi connectivity index (χ0v) is 5.78. The first kappa shape index (κ1) is 7.53. The van der Waals surface area contributed by atoms with E-state index < -0.39 is 7.12 Å². The Labute approximate surface area is 63.4 Å². The fourth-order valence-corrected chi connectivity index (χ4v) is 0.807. The normalized spacial score (nSPS) is 9.50. The van der Waals surface area contributed by atoms with Crippen LogP contribution < -0.4 is 5.59 Å². The zero-order valence-electron chi connectivity index (χ0n) is 5.03. The number of pyridine rings is 1. The van der Waals surface area contributed by atoms with Gasteiger partial charge in [-0.05, 0) is 12.1 Å². The molecule has 10 heavy (non-hydrogen) atoms.